The SMILES string of the molecule is CCC(NC(=O)NC1CCCC1C(=O)O)c1cccs1. The van der Waals surface area contributed by atoms with Crippen LogP contribution in [0, 0.1) is 5.92 Å². The molecule has 0 aliphatic heterocycles. The third-order valence-electron chi connectivity index (χ3n) is 3.75. The summed E-state index contributed by atoms with van der Waals surface area (Å²) in [5.41, 5.74) is 0. The second-order valence-electron chi connectivity index (χ2n) is 5.08. The van der Waals surface area contributed by atoms with Crippen molar-refractivity contribution in [3.8, 4) is 0 Å². The molecular formula is C14H20N2O3S. The van der Waals surface area contributed by atoms with E-state index >= 15 is 0 Å². The highest BCUT2D eigenvalue weighted by Crippen LogP contribution is 2.26. The summed E-state index contributed by atoms with van der Waals surface area (Å²) >= 11 is 1.61. The summed E-state index contributed by atoms with van der Waals surface area (Å²) in [5.74, 6) is -1.28. The van der Waals surface area contributed by atoms with Crippen LogP contribution in [0.2, 0.25) is 0 Å². The quantitative estimate of drug-likeness (QED) is 0.781. The number of amides is 2. The molecule has 0 saturated heterocycles. The van der Waals surface area contributed by atoms with Gasteiger partial charge in [0.05, 0.1) is 12.0 Å². The van der Waals surface area contributed by atoms with E-state index in [0.717, 1.165) is 24.1 Å². The van der Waals surface area contributed by atoms with Crippen molar-refractivity contribution in [1.29, 1.82) is 0 Å². The lowest BCUT2D eigenvalue weighted by Gasteiger charge is -2.21. The number of hydrogen-bond acceptors (Lipinski definition) is 3. The van der Waals surface area contributed by atoms with E-state index < -0.39 is 11.9 Å². The van der Waals surface area contributed by atoms with Crippen molar-refractivity contribution in [2.24, 2.45) is 5.92 Å². The Morgan fingerprint density at radius 2 is 2.30 bits per heavy atom. The number of hydrogen-bond donors (Lipinski definition) is 3. The zero-order valence-electron chi connectivity index (χ0n) is 11.5. The number of aliphatic carboxylic acids is 1. The van der Waals surface area contributed by atoms with Gasteiger partial charge in [-0.2, -0.15) is 0 Å². The summed E-state index contributed by atoms with van der Waals surface area (Å²) in [4.78, 5) is 24.2. The molecule has 1 saturated carbocycles. The van der Waals surface area contributed by atoms with Gasteiger partial charge in [-0.3, -0.25) is 4.79 Å². The molecule has 3 unspecified atom stereocenters. The number of carboxylic acids is 1. The van der Waals surface area contributed by atoms with Crippen molar-refractivity contribution < 1.29 is 14.7 Å². The van der Waals surface area contributed by atoms with Gasteiger partial charge < -0.3 is 15.7 Å². The molecule has 110 valence electrons. The first-order chi connectivity index (χ1) is 9.61. The maximum absolute atomic E-state index is 12.0. The van der Waals surface area contributed by atoms with Crippen LogP contribution < -0.4 is 10.6 Å². The van der Waals surface area contributed by atoms with Crippen molar-refractivity contribution in [2.45, 2.75) is 44.7 Å². The molecule has 2 amide bonds. The number of thiophene rings is 1. The Morgan fingerprint density at radius 3 is 2.90 bits per heavy atom. The molecule has 1 aromatic heterocycles. The molecule has 1 aromatic rings. The number of carbonyl (C=O) groups excluding carboxylic acids is 1. The highest BCUT2D eigenvalue weighted by atomic mass is 32.1. The molecule has 0 bridgehead atoms. The number of urea groups is 1. The molecule has 0 radical (unpaired) electrons. The first-order valence-electron chi connectivity index (χ1n) is 6.95. The van der Waals surface area contributed by atoms with E-state index in [0.29, 0.717) is 6.42 Å². The van der Waals surface area contributed by atoms with Crippen LogP contribution >= 0.6 is 11.3 Å². The summed E-state index contributed by atoms with van der Waals surface area (Å²) in [5, 5.41) is 16.8. The Kier molecular flexibility index (Phi) is 5.00. The van der Waals surface area contributed by atoms with Crippen LogP contribution in [0.25, 0.3) is 0 Å². The maximum atomic E-state index is 12.0. The summed E-state index contributed by atoms with van der Waals surface area (Å²) in [6.07, 6.45) is 3.04. The van der Waals surface area contributed by atoms with Crippen molar-refractivity contribution >= 4 is 23.3 Å². The molecule has 3 atom stereocenters. The Morgan fingerprint density at radius 1 is 1.50 bits per heavy atom. The van der Waals surface area contributed by atoms with Crippen LogP contribution in [0.4, 0.5) is 4.79 Å². The molecule has 0 spiro atoms. The minimum Gasteiger partial charge on any atom is -0.481 e. The smallest absolute Gasteiger partial charge is 0.315 e. The Bertz CT molecular complexity index is 461. The van der Waals surface area contributed by atoms with Crippen molar-refractivity contribution in [3.63, 3.8) is 0 Å². The molecule has 20 heavy (non-hydrogen) atoms. The highest BCUT2D eigenvalue weighted by Gasteiger charge is 2.34. The first kappa shape index (κ1) is 14.8. The normalized spacial score (nSPS) is 23.2. The van der Waals surface area contributed by atoms with Crippen molar-refractivity contribution in [3.05, 3.63) is 22.4 Å². The van der Waals surface area contributed by atoms with Gasteiger partial charge in [0, 0.05) is 10.9 Å². The highest BCUT2D eigenvalue weighted by molar-refractivity contribution is 7.10. The molecular weight excluding hydrogens is 276 g/mol. The fourth-order valence-electron chi connectivity index (χ4n) is 2.66. The van der Waals surface area contributed by atoms with E-state index in [4.69, 9.17) is 5.11 Å². The van der Waals surface area contributed by atoms with Crippen molar-refractivity contribution in [2.75, 3.05) is 0 Å². The minimum absolute atomic E-state index is 0.0142. The van der Waals surface area contributed by atoms with Crippen LogP contribution in [0.3, 0.4) is 0 Å². The number of carboxylic acid groups (broad SMARTS) is 1. The zero-order chi connectivity index (χ0) is 14.5. The van der Waals surface area contributed by atoms with Gasteiger partial charge in [0.15, 0.2) is 0 Å². The van der Waals surface area contributed by atoms with Gasteiger partial charge in [-0.1, -0.05) is 19.4 Å². The van der Waals surface area contributed by atoms with Crippen molar-refractivity contribution in [1.82, 2.24) is 10.6 Å². The summed E-state index contributed by atoms with van der Waals surface area (Å²) < 4.78 is 0. The van der Waals surface area contributed by atoms with E-state index in [1.165, 1.54) is 0 Å². The molecule has 1 fully saturated rings. The van der Waals surface area contributed by atoms with E-state index in [1.807, 2.05) is 24.4 Å². The Hall–Kier alpha value is -1.56. The second-order valence-corrected chi connectivity index (χ2v) is 6.06. The van der Waals surface area contributed by atoms with E-state index in [2.05, 4.69) is 10.6 Å². The van der Waals surface area contributed by atoms with Gasteiger partial charge in [-0.05, 0) is 30.7 Å². The second kappa shape index (κ2) is 6.74. The predicted octanol–water partition coefficient (Wildman–Crippen LogP) is 2.75. The average Bonchev–Trinajstić information content (AvgIpc) is 3.06. The van der Waals surface area contributed by atoms with Crippen LogP contribution in [0.1, 0.15) is 43.5 Å². The summed E-state index contributed by atoms with van der Waals surface area (Å²) in [6, 6.07) is 3.41. The molecule has 1 aliphatic rings. The van der Waals surface area contributed by atoms with Gasteiger partial charge in [0.25, 0.3) is 0 Å². The fraction of sp³-hybridized carbons (Fsp3) is 0.571. The Balaban J connectivity index is 1.90. The minimum atomic E-state index is -0.821. The van der Waals surface area contributed by atoms with Gasteiger partial charge in [-0.15, -0.1) is 11.3 Å². The van der Waals surface area contributed by atoms with E-state index in [9.17, 15) is 9.59 Å². The largest absolute Gasteiger partial charge is 0.481 e. The van der Waals surface area contributed by atoms with Gasteiger partial charge in [0.2, 0.25) is 0 Å². The molecule has 0 aromatic carbocycles. The lowest BCUT2D eigenvalue weighted by Crippen LogP contribution is -2.46. The van der Waals surface area contributed by atoms with Crippen LogP contribution in [0.15, 0.2) is 17.5 Å². The molecule has 1 aliphatic carbocycles. The Labute approximate surface area is 122 Å². The zero-order valence-corrected chi connectivity index (χ0v) is 12.3. The van der Waals surface area contributed by atoms with Crippen LogP contribution in [-0.2, 0) is 4.79 Å². The third-order valence-corrected chi connectivity index (χ3v) is 4.74. The number of rotatable bonds is 5. The molecule has 5 nitrogen and oxygen atoms in total. The topological polar surface area (TPSA) is 78.4 Å². The van der Waals surface area contributed by atoms with Gasteiger partial charge in [0.1, 0.15) is 0 Å². The number of nitrogens with one attached hydrogen (secondary N) is 2. The predicted molar refractivity (Wildman–Crippen MR) is 77.8 cm³/mol. The lowest BCUT2D eigenvalue weighted by molar-refractivity contribution is -0.142. The monoisotopic (exact) mass is 296 g/mol. The van der Waals surface area contributed by atoms with Crippen LogP contribution in [0.5, 0.6) is 0 Å². The molecule has 1 heterocycles. The average molecular weight is 296 g/mol. The summed E-state index contributed by atoms with van der Waals surface area (Å²) in [6.45, 7) is 2.01. The molecule has 6 heteroatoms. The van der Waals surface area contributed by atoms with Gasteiger partial charge >= 0.3 is 12.0 Å². The number of carbonyl (C=O) groups is 2. The maximum Gasteiger partial charge on any atom is 0.315 e. The van der Waals surface area contributed by atoms with E-state index in [-0.39, 0.29) is 18.1 Å². The lowest BCUT2D eigenvalue weighted by atomic mass is 10.0. The molecule has 3 N–H and O–H groups in total. The van der Waals surface area contributed by atoms with Crippen LogP contribution in [-0.4, -0.2) is 23.1 Å². The standard InChI is InChI=1S/C14H20N2O3S/c1-2-10(12-7-4-8-20-12)15-14(19)16-11-6-3-5-9(11)13(17)18/h4,7-11H,2-3,5-6H2,1H3,(H,17,18)(H2,15,16,19). The van der Waals surface area contributed by atoms with Gasteiger partial charge in [-0.25, -0.2) is 4.79 Å². The van der Waals surface area contributed by atoms with E-state index in [1.54, 1.807) is 11.3 Å². The first-order valence-corrected chi connectivity index (χ1v) is 7.83. The molecule has 2 rings (SSSR count). The fourth-order valence-corrected chi connectivity index (χ4v) is 3.52. The summed E-state index contributed by atoms with van der Waals surface area (Å²) in [7, 11) is 0. The third kappa shape index (κ3) is 3.50.